The lowest BCUT2D eigenvalue weighted by molar-refractivity contribution is -0.131. The van der Waals surface area contributed by atoms with E-state index in [0.717, 1.165) is 4.88 Å². The number of carbonyl (C=O) groups is 2. The number of hydrogen-bond donors (Lipinski definition) is 1. The zero-order valence-corrected chi connectivity index (χ0v) is 11.1. The molecule has 0 radical (unpaired) electrons. The van der Waals surface area contributed by atoms with E-state index in [-0.39, 0.29) is 18.5 Å². The zero-order chi connectivity index (χ0) is 12.6. The summed E-state index contributed by atoms with van der Waals surface area (Å²) in [6.45, 7) is 3.82. The van der Waals surface area contributed by atoms with Crippen LogP contribution in [0.3, 0.4) is 0 Å². The minimum atomic E-state index is -0.786. The van der Waals surface area contributed by atoms with Crippen molar-refractivity contribution in [3.63, 3.8) is 0 Å². The van der Waals surface area contributed by atoms with E-state index in [0.29, 0.717) is 10.9 Å². The molecule has 0 spiro atoms. The number of carbonyl (C=O) groups excluding carboxylic acids is 2. The Balaban J connectivity index is 2.17. The van der Waals surface area contributed by atoms with E-state index < -0.39 is 5.54 Å². The topological polar surface area (TPSA) is 62.3 Å². The molecule has 1 unspecified atom stereocenters. The summed E-state index contributed by atoms with van der Waals surface area (Å²) in [4.78, 5) is 29.7. The third-order valence-electron chi connectivity index (χ3n) is 2.89. The van der Waals surface area contributed by atoms with Gasteiger partial charge in [-0.3, -0.25) is 9.69 Å². The molecule has 5 nitrogen and oxygen atoms in total. The van der Waals surface area contributed by atoms with Gasteiger partial charge in [0, 0.05) is 11.1 Å². The number of nitrogens with zero attached hydrogens (tertiary/aromatic N) is 2. The monoisotopic (exact) mass is 273 g/mol. The molecule has 0 bridgehead atoms. The Morgan fingerprint density at radius 1 is 1.59 bits per heavy atom. The van der Waals surface area contributed by atoms with Crippen LogP contribution in [0.1, 0.15) is 25.1 Å². The molecular formula is C10H12ClN3O2S. The highest BCUT2D eigenvalue weighted by Crippen LogP contribution is 2.25. The Labute approximate surface area is 108 Å². The molecule has 1 atom stereocenters. The molecule has 1 aromatic rings. The van der Waals surface area contributed by atoms with Gasteiger partial charge in [-0.05, 0) is 13.3 Å². The highest BCUT2D eigenvalue weighted by atomic mass is 35.5. The van der Waals surface area contributed by atoms with Gasteiger partial charge in [0.15, 0.2) is 4.47 Å². The first-order valence-electron chi connectivity index (χ1n) is 5.20. The van der Waals surface area contributed by atoms with Crippen LogP contribution in [0.2, 0.25) is 4.47 Å². The summed E-state index contributed by atoms with van der Waals surface area (Å²) in [6, 6.07) is -0.358. The van der Waals surface area contributed by atoms with Crippen LogP contribution in [0.15, 0.2) is 6.20 Å². The molecule has 0 aromatic carbocycles. The summed E-state index contributed by atoms with van der Waals surface area (Å²) < 4.78 is 0.408. The minimum absolute atomic E-state index is 0.200. The molecule has 1 aliphatic rings. The summed E-state index contributed by atoms with van der Waals surface area (Å²) in [7, 11) is 0. The molecule has 0 saturated carbocycles. The van der Waals surface area contributed by atoms with Crippen molar-refractivity contribution in [1.82, 2.24) is 15.2 Å². The number of halogens is 1. The molecule has 1 N–H and O–H groups in total. The van der Waals surface area contributed by atoms with Crippen LogP contribution < -0.4 is 5.32 Å². The zero-order valence-electron chi connectivity index (χ0n) is 9.49. The Kier molecular flexibility index (Phi) is 3.09. The molecule has 7 heteroatoms. The average molecular weight is 274 g/mol. The van der Waals surface area contributed by atoms with E-state index in [1.54, 1.807) is 13.1 Å². The molecule has 1 saturated heterocycles. The molecule has 92 valence electrons. The number of rotatable bonds is 3. The second-order valence-corrected chi connectivity index (χ2v) is 5.78. The van der Waals surface area contributed by atoms with Crippen molar-refractivity contribution in [3.05, 3.63) is 15.5 Å². The number of imide groups is 1. The van der Waals surface area contributed by atoms with E-state index in [4.69, 9.17) is 11.6 Å². The second-order valence-electron chi connectivity index (χ2n) is 4.09. The smallest absolute Gasteiger partial charge is 0.323 e. The number of thiazole rings is 1. The quantitative estimate of drug-likeness (QED) is 0.857. The van der Waals surface area contributed by atoms with Gasteiger partial charge < -0.3 is 5.32 Å². The largest absolute Gasteiger partial charge is 0.325 e. The van der Waals surface area contributed by atoms with Gasteiger partial charge in [-0.15, -0.1) is 11.3 Å². The van der Waals surface area contributed by atoms with Gasteiger partial charge in [-0.1, -0.05) is 18.5 Å². The van der Waals surface area contributed by atoms with Gasteiger partial charge in [-0.25, -0.2) is 9.78 Å². The standard InChI is InChI=1S/C10H12ClN3O2S/c1-3-10(2)7(15)14(9(16)13-10)5-6-4-12-8(11)17-6/h4H,3,5H2,1-2H3,(H,13,16). The Morgan fingerprint density at radius 2 is 2.29 bits per heavy atom. The molecule has 1 aromatic heterocycles. The molecule has 2 heterocycles. The van der Waals surface area contributed by atoms with Gasteiger partial charge in [-0.2, -0.15) is 0 Å². The van der Waals surface area contributed by atoms with Crippen molar-refractivity contribution >= 4 is 34.9 Å². The maximum Gasteiger partial charge on any atom is 0.325 e. The summed E-state index contributed by atoms with van der Waals surface area (Å²) in [5.41, 5.74) is -0.786. The van der Waals surface area contributed by atoms with Crippen LogP contribution in [-0.4, -0.2) is 27.4 Å². The van der Waals surface area contributed by atoms with Crippen molar-refractivity contribution in [2.45, 2.75) is 32.4 Å². The summed E-state index contributed by atoms with van der Waals surface area (Å²) in [6.07, 6.45) is 2.15. The summed E-state index contributed by atoms with van der Waals surface area (Å²) >= 11 is 6.97. The van der Waals surface area contributed by atoms with Crippen LogP contribution in [0, 0.1) is 0 Å². The van der Waals surface area contributed by atoms with Crippen LogP contribution >= 0.6 is 22.9 Å². The fourth-order valence-corrected chi connectivity index (χ4v) is 2.61. The third kappa shape index (κ3) is 2.14. The van der Waals surface area contributed by atoms with Crippen LogP contribution in [0.4, 0.5) is 4.79 Å². The first-order valence-corrected chi connectivity index (χ1v) is 6.40. The van der Waals surface area contributed by atoms with Gasteiger partial charge in [0.25, 0.3) is 5.91 Å². The van der Waals surface area contributed by atoms with Crippen LogP contribution in [-0.2, 0) is 11.3 Å². The lowest BCUT2D eigenvalue weighted by Crippen LogP contribution is -2.43. The highest BCUT2D eigenvalue weighted by Gasteiger charge is 2.46. The Bertz CT molecular complexity index is 476. The van der Waals surface area contributed by atoms with E-state index in [9.17, 15) is 9.59 Å². The molecule has 1 aliphatic heterocycles. The number of amides is 3. The van der Waals surface area contributed by atoms with Crippen LogP contribution in [0.25, 0.3) is 0 Å². The third-order valence-corrected chi connectivity index (χ3v) is 3.99. The van der Waals surface area contributed by atoms with Crippen LogP contribution in [0.5, 0.6) is 0 Å². The van der Waals surface area contributed by atoms with Gasteiger partial charge in [0.2, 0.25) is 0 Å². The summed E-state index contributed by atoms with van der Waals surface area (Å²) in [5.74, 6) is -0.200. The second kappa shape index (κ2) is 4.27. The number of aromatic nitrogens is 1. The van der Waals surface area contributed by atoms with Crippen molar-refractivity contribution < 1.29 is 9.59 Å². The van der Waals surface area contributed by atoms with Gasteiger partial charge >= 0.3 is 6.03 Å². The van der Waals surface area contributed by atoms with E-state index in [2.05, 4.69) is 10.3 Å². The van der Waals surface area contributed by atoms with Crippen molar-refractivity contribution in [3.8, 4) is 0 Å². The average Bonchev–Trinajstić information content (AvgIpc) is 2.78. The van der Waals surface area contributed by atoms with Gasteiger partial charge in [0.1, 0.15) is 5.54 Å². The highest BCUT2D eigenvalue weighted by molar-refractivity contribution is 7.15. The fraction of sp³-hybridized carbons (Fsp3) is 0.500. The lowest BCUT2D eigenvalue weighted by Gasteiger charge is -2.18. The molecular weight excluding hydrogens is 262 g/mol. The van der Waals surface area contributed by atoms with Gasteiger partial charge in [0.05, 0.1) is 6.54 Å². The predicted octanol–water partition coefficient (Wildman–Crippen LogP) is 2.02. The van der Waals surface area contributed by atoms with Crippen molar-refractivity contribution in [2.24, 2.45) is 0 Å². The Morgan fingerprint density at radius 3 is 2.76 bits per heavy atom. The normalized spacial score (nSPS) is 24.3. The SMILES string of the molecule is CCC1(C)NC(=O)N(Cc2cnc(Cl)s2)C1=O. The molecule has 17 heavy (non-hydrogen) atoms. The molecule has 1 fully saturated rings. The Hall–Kier alpha value is -1.14. The maximum absolute atomic E-state index is 12.1. The van der Waals surface area contributed by atoms with Crippen molar-refractivity contribution in [1.29, 1.82) is 0 Å². The van der Waals surface area contributed by atoms with E-state index in [1.807, 2.05) is 6.92 Å². The number of urea groups is 1. The lowest BCUT2D eigenvalue weighted by atomic mass is 9.99. The van der Waals surface area contributed by atoms with E-state index in [1.165, 1.54) is 16.2 Å². The number of hydrogen-bond acceptors (Lipinski definition) is 4. The summed E-state index contributed by atoms with van der Waals surface area (Å²) in [5, 5.41) is 2.70. The molecule has 2 rings (SSSR count). The minimum Gasteiger partial charge on any atom is -0.323 e. The predicted molar refractivity (Wildman–Crippen MR) is 64.9 cm³/mol. The first kappa shape index (κ1) is 12.3. The maximum atomic E-state index is 12.1. The fourth-order valence-electron chi connectivity index (χ4n) is 1.64. The van der Waals surface area contributed by atoms with E-state index >= 15 is 0 Å². The molecule has 0 aliphatic carbocycles. The number of nitrogens with one attached hydrogen (secondary N) is 1. The van der Waals surface area contributed by atoms with Crippen molar-refractivity contribution in [2.75, 3.05) is 0 Å². The first-order chi connectivity index (χ1) is 7.96. The molecule has 3 amide bonds.